The summed E-state index contributed by atoms with van der Waals surface area (Å²) in [4.78, 5) is 9.89. The van der Waals surface area contributed by atoms with Gasteiger partial charge in [-0.2, -0.15) is 0 Å². The van der Waals surface area contributed by atoms with Crippen LogP contribution in [0.4, 0.5) is 0 Å². The average molecular weight is 472 g/mol. The van der Waals surface area contributed by atoms with Gasteiger partial charge in [-0.15, -0.1) is 35.3 Å². The third-order valence-corrected chi connectivity index (χ3v) is 6.07. The standard InChI is InChI=1S/C14H24N4O2S2.HI/c1-10-11(2)21-12(18-10)7-16-13(15-3)17-8-14(5-6-14)9-22(4,19)20;/h5-9H2,1-4H3,(H2,15,16,17);1H. The number of hydrogen-bond donors (Lipinski definition) is 2. The van der Waals surface area contributed by atoms with Crippen LogP contribution in [0.25, 0.3) is 0 Å². The molecule has 0 saturated heterocycles. The number of sulfone groups is 1. The van der Waals surface area contributed by atoms with Crippen LogP contribution in [0.5, 0.6) is 0 Å². The summed E-state index contributed by atoms with van der Waals surface area (Å²) >= 11 is 1.67. The first-order valence-corrected chi connectivity index (χ1v) is 10.2. The predicted octanol–water partition coefficient (Wildman–Crippen LogP) is 1.87. The van der Waals surface area contributed by atoms with Gasteiger partial charge >= 0.3 is 0 Å². The van der Waals surface area contributed by atoms with Crippen molar-refractivity contribution < 1.29 is 8.42 Å². The number of nitrogens with one attached hydrogen (secondary N) is 2. The van der Waals surface area contributed by atoms with E-state index in [0.717, 1.165) is 23.5 Å². The first-order valence-electron chi connectivity index (χ1n) is 7.28. The zero-order chi connectivity index (χ0) is 16.4. The lowest BCUT2D eigenvalue weighted by molar-refractivity contribution is 0.529. The number of nitrogens with zero attached hydrogens (tertiary/aromatic N) is 2. The van der Waals surface area contributed by atoms with Crippen LogP contribution in [0.2, 0.25) is 0 Å². The maximum Gasteiger partial charge on any atom is 0.191 e. The maximum atomic E-state index is 11.5. The fourth-order valence-electron chi connectivity index (χ4n) is 2.37. The molecule has 132 valence electrons. The molecule has 1 fully saturated rings. The van der Waals surface area contributed by atoms with Gasteiger partial charge in [0.2, 0.25) is 0 Å². The highest BCUT2D eigenvalue weighted by Gasteiger charge is 2.45. The Balaban J connectivity index is 0.00000264. The molecule has 0 bridgehead atoms. The molecule has 2 N–H and O–H groups in total. The maximum absolute atomic E-state index is 11.5. The number of aliphatic imine (C=N–C) groups is 1. The fourth-order valence-corrected chi connectivity index (χ4v) is 4.75. The van der Waals surface area contributed by atoms with Gasteiger partial charge in [-0.25, -0.2) is 13.4 Å². The second-order valence-electron chi connectivity index (χ2n) is 6.10. The Morgan fingerprint density at radius 3 is 2.43 bits per heavy atom. The van der Waals surface area contributed by atoms with Crippen molar-refractivity contribution in [1.82, 2.24) is 15.6 Å². The van der Waals surface area contributed by atoms with Crippen LogP contribution in [-0.2, 0) is 16.4 Å². The van der Waals surface area contributed by atoms with E-state index in [0.29, 0.717) is 19.0 Å². The van der Waals surface area contributed by atoms with Gasteiger partial charge in [-0.3, -0.25) is 4.99 Å². The Labute approximate surface area is 159 Å². The monoisotopic (exact) mass is 472 g/mol. The first kappa shape index (κ1) is 20.6. The van der Waals surface area contributed by atoms with Gasteiger partial charge in [0.05, 0.1) is 18.0 Å². The van der Waals surface area contributed by atoms with Crippen molar-refractivity contribution in [2.45, 2.75) is 33.2 Å². The largest absolute Gasteiger partial charge is 0.356 e. The minimum absolute atomic E-state index is 0. The number of thiazole rings is 1. The molecule has 1 aliphatic rings. The van der Waals surface area contributed by atoms with E-state index in [9.17, 15) is 8.42 Å². The van der Waals surface area contributed by atoms with Gasteiger partial charge in [-0.05, 0) is 26.7 Å². The summed E-state index contributed by atoms with van der Waals surface area (Å²) in [6.07, 6.45) is 3.21. The lowest BCUT2D eigenvalue weighted by Gasteiger charge is -2.17. The van der Waals surface area contributed by atoms with Gasteiger partial charge in [0.25, 0.3) is 0 Å². The highest BCUT2D eigenvalue weighted by molar-refractivity contribution is 14.0. The van der Waals surface area contributed by atoms with Gasteiger partial charge in [-0.1, -0.05) is 0 Å². The van der Waals surface area contributed by atoms with Gasteiger partial charge in [0.15, 0.2) is 5.96 Å². The molecule has 0 amide bonds. The third kappa shape index (κ3) is 6.54. The number of halogens is 1. The molecule has 0 aromatic carbocycles. The highest BCUT2D eigenvalue weighted by atomic mass is 127. The van der Waals surface area contributed by atoms with Crippen molar-refractivity contribution in [2.75, 3.05) is 25.6 Å². The van der Waals surface area contributed by atoms with Crippen LogP contribution < -0.4 is 10.6 Å². The second kappa shape index (κ2) is 8.11. The van der Waals surface area contributed by atoms with Crippen molar-refractivity contribution >= 4 is 51.1 Å². The van der Waals surface area contributed by atoms with E-state index in [-0.39, 0.29) is 35.1 Å². The summed E-state index contributed by atoms with van der Waals surface area (Å²) in [5, 5.41) is 7.49. The molecule has 6 nitrogen and oxygen atoms in total. The average Bonchev–Trinajstić information content (AvgIpc) is 3.07. The van der Waals surface area contributed by atoms with E-state index in [1.807, 2.05) is 6.92 Å². The minimum atomic E-state index is -2.94. The summed E-state index contributed by atoms with van der Waals surface area (Å²) in [7, 11) is -1.23. The predicted molar refractivity (Wildman–Crippen MR) is 107 cm³/mol. The molecule has 0 radical (unpaired) electrons. The molecule has 1 heterocycles. The fraction of sp³-hybridized carbons (Fsp3) is 0.714. The first-order chi connectivity index (χ1) is 10.2. The summed E-state index contributed by atoms with van der Waals surface area (Å²) < 4.78 is 22.9. The Hall–Kier alpha value is -0.420. The zero-order valence-electron chi connectivity index (χ0n) is 14.0. The summed E-state index contributed by atoms with van der Waals surface area (Å²) in [5.74, 6) is 0.930. The van der Waals surface area contributed by atoms with Gasteiger partial charge in [0.1, 0.15) is 14.8 Å². The summed E-state index contributed by atoms with van der Waals surface area (Å²) in [6.45, 7) is 5.32. The van der Waals surface area contributed by atoms with Crippen LogP contribution in [0.1, 0.15) is 28.4 Å². The van der Waals surface area contributed by atoms with Crippen molar-refractivity contribution in [3.63, 3.8) is 0 Å². The van der Waals surface area contributed by atoms with E-state index in [1.165, 1.54) is 11.1 Å². The molecule has 1 aliphatic carbocycles. The number of hydrogen-bond acceptors (Lipinski definition) is 5. The van der Waals surface area contributed by atoms with Crippen LogP contribution in [0, 0.1) is 19.3 Å². The molecule has 0 spiro atoms. The molecule has 0 unspecified atom stereocenters. The second-order valence-corrected chi connectivity index (χ2v) is 9.53. The van der Waals surface area contributed by atoms with Crippen molar-refractivity contribution in [2.24, 2.45) is 10.4 Å². The number of aryl methyl sites for hydroxylation is 2. The van der Waals surface area contributed by atoms with Gasteiger partial charge < -0.3 is 10.6 Å². The lowest BCUT2D eigenvalue weighted by Crippen LogP contribution is -2.41. The molecule has 1 aromatic heterocycles. The Bertz CT molecular complexity index is 647. The van der Waals surface area contributed by atoms with Crippen LogP contribution >= 0.6 is 35.3 Å². The van der Waals surface area contributed by atoms with Crippen molar-refractivity contribution in [1.29, 1.82) is 0 Å². The van der Waals surface area contributed by atoms with E-state index in [4.69, 9.17) is 0 Å². The van der Waals surface area contributed by atoms with Crippen LogP contribution in [-0.4, -0.2) is 45.0 Å². The topological polar surface area (TPSA) is 83.4 Å². The zero-order valence-corrected chi connectivity index (χ0v) is 17.9. The normalized spacial score (nSPS) is 16.6. The minimum Gasteiger partial charge on any atom is -0.356 e. The number of guanidine groups is 1. The smallest absolute Gasteiger partial charge is 0.191 e. The van der Waals surface area contributed by atoms with Crippen LogP contribution in [0.3, 0.4) is 0 Å². The van der Waals surface area contributed by atoms with Gasteiger partial charge in [0, 0.05) is 30.1 Å². The van der Waals surface area contributed by atoms with E-state index in [1.54, 1.807) is 18.4 Å². The SMILES string of the molecule is CN=C(NCc1nc(C)c(C)s1)NCC1(CS(C)(=O)=O)CC1.I. The Kier molecular flexibility index (Phi) is 7.27. The molecule has 0 atom stereocenters. The lowest BCUT2D eigenvalue weighted by atomic mass is 10.1. The molecular weight excluding hydrogens is 447 g/mol. The molecular formula is C14H25IN4O2S2. The van der Waals surface area contributed by atoms with E-state index < -0.39 is 9.84 Å². The Morgan fingerprint density at radius 2 is 2.00 bits per heavy atom. The third-order valence-electron chi connectivity index (χ3n) is 3.86. The Morgan fingerprint density at radius 1 is 1.35 bits per heavy atom. The molecule has 1 aromatic rings. The molecule has 2 rings (SSSR count). The quantitative estimate of drug-likeness (QED) is 0.375. The molecule has 9 heteroatoms. The van der Waals surface area contributed by atoms with Crippen LogP contribution in [0.15, 0.2) is 4.99 Å². The summed E-state index contributed by atoms with van der Waals surface area (Å²) in [6, 6.07) is 0. The summed E-state index contributed by atoms with van der Waals surface area (Å²) in [5.41, 5.74) is 0.953. The van der Waals surface area contributed by atoms with E-state index in [2.05, 4.69) is 27.5 Å². The molecule has 0 aliphatic heterocycles. The van der Waals surface area contributed by atoms with E-state index >= 15 is 0 Å². The van der Waals surface area contributed by atoms with Crippen molar-refractivity contribution in [3.05, 3.63) is 15.6 Å². The number of rotatable bonds is 6. The highest BCUT2D eigenvalue weighted by Crippen LogP contribution is 2.45. The molecule has 23 heavy (non-hydrogen) atoms. The molecule has 1 saturated carbocycles. The van der Waals surface area contributed by atoms with Crippen molar-refractivity contribution in [3.8, 4) is 0 Å². The number of aromatic nitrogens is 1.